The molecule has 15 heavy (non-hydrogen) atoms. The van der Waals surface area contributed by atoms with E-state index in [2.05, 4.69) is 4.98 Å². The molecule has 1 aliphatic rings. The number of nitrogens with zero attached hydrogens (tertiary/aromatic N) is 3. The Labute approximate surface area is 87.3 Å². The van der Waals surface area contributed by atoms with Crippen LogP contribution in [0.15, 0.2) is 18.3 Å². The Morgan fingerprint density at radius 3 is 2.93 bits per heavy atom. The van der Waals surface area contributed by atoms with Crippen molar-refractivity contribution in [3.05, 3.63) is 24.1 Å². The number of carbonyl (C=O) groups is 1. The number of hydrogen-bond donors (Lipinski definition) is 0. The molecule has 1 aromatic rings. The molecule has 0 spiro atoms. The van der Waals surface area contributed by atoms with Gasteiger partial charge < -0.3 is 9.80 Å². The lowest BCUT2D eigenvalue weighted by Gasteiger charge is -2.32. The van der Waals surface area contributed by atoms with Crippen LogP contribution in [0.2, 0.25) is 0 Å². The first-order chi connectivity index (χ1) is 7.18. The zero-order valence-corrected chi connectivity index (χ0v) is 8.48. The normalized spacial score (nSPS) is 17.1. The van der Waals surface area contributed by atoms with E-state index in [0.29, 0.717) is 13.1 Å². The van der Waals surface area contributed by atoms with Gasteiger partial charge in [0, 0.05) is 26.3 Å². The van der Waals surface area contributed by atoms with Crippen molar-refractivity contribution < 1.29 is 9.18 Å². The summed E-state index contributed by atoms with van der Waals surface area (Å²) in [5.41, 5.74) is 0. The van der Waals surface area contributed by atoms with E-state index in [1.165, 1.54) is 18.3 Å². The Bertz CT molecular complexity index is 383. The van der Waals surface area contributed by atoms with Crippen LogP contribution in [0.3, 0.4) is 0 Å². The first kappa shape index (κ1) is 9.89. The van der Waals surface area contributed by atoms with Gasteiger partial charge in [-0.05, 0) is 12.1 Å². The zero-order valence-electron chi connectivity index (χ0n) is 8.48. The summed E-state index contributed by atoms with van der Waals surface area (Å²) in [7, 11) is 1.74. The van der Waals surface area contributed by atoms with Gasteiger partial charge in [-0.15, -0.1) is 0 Å². The highest BCUT2D eigenvalue weighted by Crippen LogP contribution is 2.16. The van der Waals surface area contributed by atoms with Gasteiger partial charge in [0.1, 0.15) is 0 Å². The van der Waals surface area contributed by atoms with Gasteiger partial charge in [0.15, 0.2) is 11.6 Å². The number of amides is 1. The van der Waals surface area contributed by atoms with Crippen molar-refractivity contribution in [3.8, 4) is 0 Å². The fourth-order valence-corrected chi connectivity index (χ4v) is 1.55. The molecule has 2 rings (SSSR count). The van der Waals surface area contributed by atoms with Gasteiger partial charge in [0.25, 0.3) is 0 Å². The molecule has 1 fully saturated rings. The average molecular weight is 209 g/mol. The Hall–Kier alpha value is -1.65. The van der Waals surface area contributed by atoms with Crippen LogP contribution >= 0.6 is 0 Å². The lowest BCUT2D eigenvalue weighted by atomic mass is 10.3. The van der Waals surface area contributed by atoms with Crippen LogP contribution in [0.5, 0.6) is 0 Å². The van der Waals surface area contributed by atoms with Crippen LogP contribution in [0.25, 0.3) is 0 Å². The number of likely N-dealkylation sites (N-methyl/N-ethyl adjacent to an activating group) is 1. The SMILES string of the molecule is CN1CCN(c2ncccc2F)CC1=O. The monoisotopic (exact) mass is 209 g/mol. The van der Waals surface area contributed by atoms with Crippen molar-refractivity contribution in [3.63, 3.8) is 0 Å². The number of piperazine rings is 1. The quantitative estimate of drug-likeness (QED) is 0.675. The highest BCUT2D eigenvalue weighted by atomic mass is 19.1. The summed E-state index contributed by atoms with van der Waals surface area (Å²) >= 11 is 0. The van der Waals surface area contributed by atoms with E-state index in [0.717, 1.165) is 0 Å². The van der Waals surface area contributed by atoms with Crippen molar-refractivity contribution in [2.75, 3.05) is 31.6 Å². The molecular weight excluding hydrogens is 197 g/mol. The Morgan fingerprint density at radius 2 is 2.27 bits per heavy atom. The first-order valence-electron chi connectivity index (χ1n) is 4.78. The highest BCUT2D eigenvalue weighted by Gasteiger charge is 2.23. The number of hydrogen-bond acceptors (Lipinski definition) is 3. The molecule has 1 aliphatic heterocycles. The topological polar surface area (TPSA) is 36.4 Å². The second-order valence-corrected chi connectivity index (χ2v) is 3.55. The third kappa shape index (κ3) is 1.91. The van der Waals surface area contributed by atoms with Crippen LogP contribution < -0.4 is 4.90 Å². The molecule has 4 nitrogen and oxygen atoms in total. The molecule has 1 amide bonds. The van der Waals surface area contributed by atoms with E-state index < -0.39 is 0 Å². The molecule has 1 aromatic heterocycles. The first-order valence-corrected chi connectivity index (χ1v) is 4.78. The minimum Gasteiger partial charge on any atom is -0.343 e. The number of aromatic nitrogens is 1. The summed E-state index contributed by atoms with van der Waals surface area (Å²) < 4.78 is 13.4. The largest absolute Gasteiger partial charge is 0.343 e. The van der Waals surface area contributed by atoms with Gasteiger partial charge in [-0.2, -0.15) is 0 Å². The standard InChI is InChI=1S/C10H12FN3O/c1-13-5-6-14(7-9(13)15)10-8(11)3-2-4-12-10/h2-4H,5-7H2,1H3. The Morgan fingerprint density at radius 1 is 1.47 bits per heavy atom. The van der Waals surface area contributed by atoms with Crippen LogP contribution in [0.1, 0.15) is 0 Å². The van der Waals surface area contributed by atoms with Crippen molar-refractivity contribution >= 4 is 11.7 Å². The van der Waals surface area contributed by atoms with E-state index in [1.54, 1.807) is 16.8 Å². The average Bonchev–Trinajstić information content (AvgIpc) is 2.23. The van der Waals surface area contributed by atoms with Crippen molar-refractivity contribution in [2.24, 2.45) is 0 Å². The predicted molar refractivity (Wildman–Crippen MR) is 54.0 cm³/mol. The third-order valence-electron chi connectivity index (χ3n) is 2.50. The van der Waals surface area contributed by atoms with E-state index >= 15 is 0 Å². The number of pyridine rings is 1. The highest BCUT2D eigenvalue weighted by molar-refractivity contribution is 5.82. The van der Waals surface area contributed by atoms with Crippen LogP contribution in [0.4, 0.5) is 10.2 Å². The Kier molecular flexibility index (Phi) is 2.53. The fourth-order valence-electron chi connectivity index (χ4n) is 1.55. The molecular formula is C10H12FN3O. The number of halogens is 1. The summed E-state index contributed by atoms with van der Waals surface area (Å²) in [5, 5.41) is 0. The second-order valence-electron chi connectivity index (χ2n) is 3.55. The molecule has 80 valence electrons. The van der Waals surface area contributed by atoms with E-state index in [1.807, 2.05) is 0 Å². The minimum absolute atomic E-state index is 0.00805. The maximum atomic E-state index is 13.4. The number of carbonyl (C=O) groups excluding carboxylic acids is 1. The summed E-state index contributed by atoms with van der Waals surface area (Å²) in [6.07, 6.45) is 1.53. The Balaban J connectivity index is 2.19. The molecule has 0 saturated carbocycles. The van der Waals surface area contributed by atoms with Gasteiger partial charge in [-0.25, -0.2) is 9.37 Å². The molecule has 0 aromatic carbocycles. The minimum atomic E-state index is -0.380. The molecule has 0 N–H and O–H groups in total. The molecule has 0 atom stereocenters. The molecule has 1 saturated heterocycles. The summed E-state index contributed by atoms with van der Waals surface area (Å²) in [6.45, 7) is 1.43. The van der Waals surface area contributed by atoms with Gasteiger partial charge in [0.2, 0.25) is 5.91 Å². The van der Waals surface area contributed by atoms with Crippen molar-refractivity contribution in [1.29, 1.82) is 0 Å². The maximum Gasteiger partial charge on any atom is 0.241 e. The smallest absolute Gasteiger partial charge is 0.241 e. The van der Waals surface area contributed by atoms with Crippen LogP contribution in [0, 0.1) is 5.82 Å². The third-order valence-corrected chi connectivity index (χ3v) is 2.50. The lowest BCUT2D eigenvalue weighted by Crippen LogP contribution is -2.49. The van der Waals surface area contributed by atoms with E-state index in [4.69, 9.17) is 0 Å². The summed E-state index contributed by atoms with van der Waals surface area (Å²) in [6, 6.07) is 2.89. The summed E-state index contributed by atoms with van der Waals surface area (Å²) in [5.74, 6) is -0.125. The molecule has 0 aliphatic carbocycles. The summed E-state index contributed by atoms with van der Waals surface area (Å²) in [4.78, 5) is 18.7. The molecule has 5 heteroatoms. The lowest BCUT2D eigenvalue weighted by molar-refractivity contribution is -0.129. The van der Waals surface area contributed by atoms with Gasteiger partial charge in [0.05, 0.1) is 6.54 Å². The molecule has 0 radical (unpaired) electrons. The maximum absolute atomic E-state index is 13.4. The van der Waals surface area contributed by atoms with Crippen LogP contribution in [-0.2, 0) is 4.79 Å². The number of rotatable bonds is 1. The van der Waals surface area contributed by atoms with Gasteiger partial charge >= 0.3 is 0 Å². The molecule has 0 bridgehead atoms. The molecule has 0 unspecified atom stereocenters. The molecule has 2 heterocycles. The van der Waals surface area contributed by atoms with E-state index in [9.17, 15) is 9.18 Å². The van der Waals surface area contributed by atoms with Gasteiger partial charge in [-0.3, -0.25) is 4.79 Å². The van der Waals surface area contributed by atoms with Crippen molar-refractivity contribution in [1.82, 2.24) is 9.88 Å². The predicted octanol–water partition coefficient (Wildman–Crippen LogP) is 0.499. The van der Waals surface area contributed by atoms with E-state index in [-0.39, 0.29) is 24.1 Å². The zero-order chi connectivity index (χ0) is 10.8. The van der Waals surface area contributed by atoms with Gasteiger partial charge in [-0.1, -0.05) is 0 Å². The van der Waals surface area contributed by atoms with Crippen LogP contribution in [-0.4, -0.2) is 42.5 Å². The number of anilines is 1. The van der Waals surface area contributed by atoms with Crippen molar-refractivity contribution in [2.45, 2.75) is 0 Å². The second kappa shape index (κ2) is 3.84. The fraction of sp³-hybridized carbons (Fsp3) is 0.400.